The van der Waals surface area contributed by atoms with Crippen LogP contribution in [-0.2, 0) is 5.41 Å². The van der Waals surface area contributed by atoms with E-state index < -0.39 is 0 Å². The zero-order chi connectivity index (χ0) is 17.6. The Morgan fingerprint density at radius 1 is 1.52 bits per heavy atom. The topological polar surface area (TPSA) is 83.0 Å². The zero-order valence-electron chi connectivity index (χ0n) is 13.8. The van der Waals surface area contributed by atoms with Crippen molar-refractivity contribution in [2.45, 2.75) is 31.6 Å². The van der Waals surface area contributed by atoms with Gasteiger partial charge in [-0.2, -0.15) is 10.2 Å². The number of fused-ring (bicyclic) bond motifs is 1. The van der Waals surface area contributed by atoms with Gasteiger partial charge in [-0.05, 0) is 43.9 Å². The fourth-order valence-electron chi connectivity index (χ4n) is 4.21. The predicted octanol–water partition coefficient (Wildman–Crippen LogP) is 3.10. The molecule has 0 unspecified atom stereocenters. The van der Waals surface area contributed by atoms with Crippen LogP contribution in [0.5, 0.6) is 0 Å². The minimum atomic E-state index is -0.229. The molecule has 1 aliphatic carbocycles. The van der Waals surface area contributed by atoms with Gasteiger partial charge >= 0.3 is 0 Å². The summed E-state index contributed by atoms with van der Waals surface area (Å²) in [4.78, 5) is 19.2. The van der Waals surface area contributed by atoms with Crippen LogP contribution in [0.3, 0.4) is 0 Å². The third kappa shape index (κ3) is 2.50. The molecular weight excluding hydrogens is 340 g/mol. The zero-order valence-corrected chi connectivity index (χ0v) is 14.6. The smallest absolute Gasteiger partial charge is 0.253 e. The largest absolute Gasteiger partial charge is 0.339 e. The van der Waals surface area contributed by atoms with Crippen molar-refractivity contribution in [2.24, 2.45) is 5.92 Å². The lowest BCUT2D eigenvalue weighted by atomic mass is 9.80. The standard InChI is InChI=1S/C18H17ClN4O2/c1-11-21-17(25-22-11)18-6-2-3-14(18)9-23(10-18)16(24)12-4-5-13(8-20)15(19)7-12/h4-5,7,14H,2-3,6,9-10H2,1H3/t14-,18-/m0/s1. The molecule has 0 N–H and O–H groups in total. The summed E-state index contributed by atoms with van der Waals surface area (Å²) in [6, 6.07) is 6.82. The molecule has 2 atom stereocenters. The van der Waals surface area contributed by atoms with E-state index in [0.717, 1.165) is 19.3 Å². The van der Waals surface area contributed by atoms with Gasteiger partial charge in [-0.3, -0.25) is 4.79 Å². The summed E-state index contributed by atoms with van der Waals surface area (Å²) in [6.45, 7) is 3.07. The normalized spacial score (nSPS) is 25.0. The summed E-state index contributed by atoms with van der Waals surface area (Å²) in [6.07, 6.45) is 3.12. The SMILES string of the molecule is Cc1noc([C@]23CCC[C@H]2CN(C(=O)c2ccc(C#N)c(Cl)c2)C3)n1. The molecule has 25 heavy (non-hydrogen) atoms. The number of hydrogen-bond donors (Lipinski definition) is 0. The number of aromatic nitrogens is 2. The van der Waals surface area contributed by atoms with Crippen molar-refractivity contribution >= 4 is 17.5 Å². The first-order valence-corrected chi connectivity index (χ1v) is 8.71. The van der Waals surface area contributed by atoms with Gasteiger partial charge in [0.25, 0.3) is 5.91 Å². The fourth-order valence-corrected chi connectivity index (χ4v) is 4.44. The average Bonchev–Trinajstić information content (AvgIpc) is 3.27. The van der Waals surface area contributed by atoms with E-state index in [1.54, 1.807) is 18.2 Å². The number of hydrogen-bond acceptors (Lipinski definition) is 5. The van der Waals surface area contributed by atoms with Crippen molar-refractivity contribution in [3.8, 4) is 6.07 Å². The summed E-state index contributed by atoms with van der Waals surface area (Å²) in [5.41, 5.74) is 0.642. The molecule has 0 spiro atoms. The van der Waals surface area contributed by atoms with Gasteiger partial charge < -0.3 is 9.42 Å². The van der Waals surface area contributed by atoms with Crippen molar-refractivity contribution in [3.63, 3.8) is 0 Å². The van der Waals surface area contributed by atoms with Crippen LogP contribution in [0.1, 0.15) is 46.9 Å². The molecule has 4 rings (SSSR count). The fraction of sp³-hybridized carbons (Fsp3) is 0.444. The molecular formula is C18H17ClN4O2. The Morgan fingerprint density at radius 2 is 2.36 bits per heavy atom. The molecule has 1 saturated carbocycles. The third-order valence-electron chi connectivity index (χ3n) is 5.45. The summed E-state index contributed by atoms with van der Waals surface area (Å²) >= 11 is 6.08. The van der Waals surface area contributed by atoms with Gasteiger partial charge in [-0.1, -0.05) is 23.2 Å². The monoisotopic (exact) mass is 356 g/mol. The maximum Gasteiger partial charge on any atom is 0.253 e. The molecule has 1 aromatic heterocycles. The van der Waals surface area contributed by atoms with Crippen LogP contribution in [0.4, 0.5) is 0 Å². The summed E-state index contributed by atoms with van der Waals surface area (Å²) in [7, 11) is 0. The van der Waals surface area contributed by atoms with Crippen LogP contribution < -0.4 is 0 Å². The first-order chi connectivity index (χ1) is 12.0. The van der Waals surface area contributed by atoms with Crippen molar-refractivity contribution in [1.82, 2.24) is 15.0 Å². The van der Waals surface area contributed by atoms with Crippen molar-refractivity contribution in [3.05, 3.63) is 46.1 Å². The number of nitriles is 1. The van der Waals surface area contributed by atoms with Crippen LogP contribution in [0.25, 0.3) is 0 Å². The molecule has 0 radical (unpaired) electrons. The van der Waals surface area contributed by atoms with E-state index in [1.165, 1.54) is 0 Å². The molecule has 2 aliphatic rings. The maximum atomic E-state index is 12.9. The Hall–Kier alpha value is -2.39. The van der Waals surface area contributed by atoms with E-state index in [2.05, 4.69) is 10.1 Å². The average molecular weight is 357 g/mol. The number of halogens is 1. The molecule has 2 aromatic rings. The van der Waals surface area contributed by atoms with E-state index >= 15 is 0 Å². The Morgan fingerprint density at radius 3 is 3.04 bits per heavy atom. The molecule has 0 bridgehead atoms. The molecule has 2 fully saturated rings. The Balaban J connectivity index is 1.62. The van der Waals surface area contributed by atoms with Gasteiger partial charge in [0.1, 0.15) is 6.07 Å². The van der Waals surface area contributed by atoms with Gasteiger partial charge in [0, 0.05) is 18.7 Å². The van der Waals surface area contributed by atoms with Crippen LogP contribution >= 0.6 is 11.6 Å². The van der Waals surface area contributed by atoms with Crippen molar-refractivity contribution in [1.29, 1.82) is 5.26 Å². The Kier molecular flexibility index (Phi) is 3.77. The first-order valence-electron chi connectivity index (χ1n) is 8.33. The minimum absolute atomic E-state index is 0.0728. The Labute approximate surface area is 150 Å². The number of amides is 1. The highest BCUT2D eigenvalue weighted by molar-refractivity contribution is 6.32. The summed E-state index contributed by atoms with van der Waals surface area (Å²) < 4.78 is 5.48. The molecule has 1 amide bonds. The second-order valence-corrected chi connectivity index (χ2v) is 7.29. The van der Waals surface area contributed by atoms with Crippen LogP contribution in [0.15, 0.2) is 22.7 Å². The summed E-state index contributed by atoms with van der Waals surface area (Å²) in [5, 5.41) is 13.2. The molecule has 2 heterocycles. The van der Waals surface area contributed by atoms with Gasteiger partial charge in [0.15, 0.2) is 5.82 Å². The van der Waals surface area contributed by atoms with E-state index in [4.69, 9.17) is 21.4 Å². The van der Waals surface area contributed by atoms with Gasteiger partial charge in [-0.25, -0.2) is 0 Å². The van der Waals surface area contributed by atoms with Crippen molar-refractivity contribution < 1.29 is 9.32 Å². The van der Waals surface area contributed by atoms with Crippen LogP contribution in [0, 0.1) is 24.2 Å². The van der Waals surface area contributed by atoms with Crippen LogP contribution in [-0.4, -0.2) is 34.0 Å². The predicted molar refractivity (Wildman–Crippen MR) is 90.1 cm³/mol. The second-order valence-electron chi connectivity index (χ2n) is 6.88. The van der Waals surface area contributed by atoms with Gasteiger partial charge in [0.05, 0.1) is 16.0 Å². The molecule has 128 valence electrons. The lowest BCUT2D eigenvalue weighted by Crippen LogP contribution is -2.35. The van der Waals surface area contributed by atoms with Crippen LogP contribution in [0.2, 0.25) is 5.02 Å². The molecule has 1 aromatic carbocycles. The van der Waals surface area contributed by atoms with E-state index in [-0.39, 0.29) is 11.3 Å². The van der Waals surface area contributed by atoms with E-state index in [9.17, 15) is 4.79 Å². The third-order valence-corrected chi connectivity index (χ3v) is 5.76. The number of carbonyl (C=O) groups excluding carboxylic acids is 1. The number of carbonyl (C=O) groups is 1. The molecule has 1 aliphatic heterocycles. The highest BCUT2D eigenvalue weighted by Gasteiger charge is 2.55. The van der Waals surface area contributed by atoms with Gasteiger partial charge in [0.2, 0.25) is 5.89 Å². The number of likely N-dealkylation sites (tertiary alicyclic amines) is 1. The lowest BCUT2D eigenvalue weighted by molar-refractivity contribution is 0.0775. The van der Waals surface area contributed by atoms with Gasteiger partial charge in [-0.15, -0.1) is 0 Å². The second kappa shape index (κ2) is 5.85. The number of nitrogens with zero attached hydrogens (tertiary/aromatic N) is 4. The highest BCUT2D eigenvalue weighted by atomic mass is 35.5. The highest BCUT2D eigenvalue weighted by Crippen LogP contribution is 2.50. The molecule has 6 nitrogen and oxygen atoms in total. The maximum absolute atomic E-state index is 12.9. The quantitative estimate of drug-likeness (QED) is 0.825. The van der Waals surface area contributed by atoms with Crippen molar-refractivity contribution in [2.75, 3.05) is 13.1 Å². The number of aryl methyl sites for hydroxylation is 1. The molecule has 7 heteroatoms. The lowest BCUT2D eigenvalue weighted by Gasteiger charge is -2.24. The number of benzene rings is 1. The molecule has 1 saturated heterocycles. The Bertz CT molecular complexity index is 887. The number of rotatable bonds is 2. The van der Waals surface area contributed by atoms with E-state index in [1.807, 2.05) is 17.9 Å². The first kappa shape index (κ1) is 16.1. The summed E-state index contributed by atoms with van der Waals surface area (Å²) in [5.74, 6) is 1.54. The minimum Gasteiger partial charge on any atom is -0.339 e. The van der Waals surface area contributed by atoms with E-state index in [0.29, 0.717) is 46.9 Å².